The second kappa shape index (κ2) is 10.1. The predicted octanol–water partition coefficient (Wildman–Crippen LogP) is 5.94. The van der Waals surface area contributed by atoms with Crippen LogP contribution in [0.4, 0.5) is 10.5 Å². The highest BCUT2D eigenvalue weighted by atomic mass is 16.6. The van der Waals surface area contributed by atoms with Crippen LogP contribution in [0.2, 0.25) is 0 Å². The Hall–Kier alpha value is -4.19. The summed E-state index contributed by atoms with van der Waals surface area (Å²) in [6.45, 7) is 4.46. The summed E-state index contributed by atoms with van der Waals surface area (Å²) in [6, 6.07) is 26.4. The molecule has 2 aliphatic heterocycles. The van der Waals surface area contributed by atoms with E-state index in [1.54, 1.807) is 4.90 Å². The SMILES string of the molecule is CC(C)=CC[C@@]1(CC(=O)N2C(=O)OC[C@@H]2c2ccccc2)C(=O)N(Cc2ccccc2)c2ccccc21. The van der Waals surface area contributed by atoms with E-state index in [2.05, 4.69) is 0 Å². The predicted molar refractivity (Wildman–Crippen MR) is 142 cm³/mol. The van der Waals surface area contributed by atoms with Crippen LogP contribution in [0, 0.1) is 0 Å². The van der Waals surface area contributed by atoms with Crippen molar-refractivity contribution in [3.05, 3.63) is 113 Å². The average molecular weight is 495 g/mol. The molecule has 0 saturated carbocycles. The molecule has 3 aromatic rings. The summed E-state index contributed by atoms with van der Waals surface area (Å²) in [5, 5.41) is 0. The molecule has 0 aromatic heterocycles. The van der Waals surface area contributed by atoms with Crippen LogP contribution in [-0.2, 0) is 26.3 Å². The molecule has 3 amide bonds. The number of ether oxygens (including phenoxy) is 1. The van der Waals surface area contributed by atoms with Gasteiger partial charge in [-0.3, -0.25) is 9.59 Å². The van der Waals surface area contributed by atoms with Crippen molar-refractivity contribution in [1.29, 1.82) is 0 Å². The van der Waals surface area contributed by atoms with Gasteiger partial charge in [0, 0.05) is 12.1 Å². The fourth-order valence-electron chi connectivity index (χ4n) is 5.30. The van der Waals surface area contributed by atoms with Crippen molar-refractivity contribution in [2.45, 2.75) is 44.7 Å². The third kappa shape index (κ3) is 4.55. The minimum absolute atomic E-state index is 0.0974. The number of carbonyl (C=O) groups is 3. The van der Waals surface area contributed by atoms with E-state index in [0.717, 1.165) is 28.0 Å². The fraction of sp³-hybridized carbons (Fsp3) is 0.258. The zero-order valence-corrected chi connectivity index (χ0v) is 21.1. The minimum atomic E-state index is -1.12. The summed E-state index contributed by atoms with van der Waals surface area (Å²) in [5.74, 6) is -0.546. The molecule has 188 valence electrons. The molecule has 1 fully saturated rings. The topological polar surface area (TPSA) is 66.9 Å². The van der Waals surface area contributed by atoms with Gasteiger partial charge in [-0.25, -0.2) is 9.69 Å². The van der Waals surface area contributed by atoms with Crippen LogP contribution in [0.25, 0.3) is 0 Å². The van der Waals surface area contributed by atoms with E-state index in [9.17, 15) is 14.4 Å². The Labute approximate surface area is 217 Å². The second-order valence-electron chi connectivity index (χ2n) is 9.91. The zero-order valence-electron chi connectivity index (χ0n) is 21.1. The highest BCUT2D eigenvalue weighted by Gasteiger charge is 2.53. The molecule has 6 heteroatoms. The number of rotatable bonds is 7. The van der Waals surface area contributed by atoms with E-state index >= 15 is 0 Å². The van der Waals surface area contributed by atoms with Crippen molar-refractivity contribution in [2.75, 3.05) is 11.5 Å². The third-order valence-electron chi connectivity index (χ3n) is 7.19. The maximum atomic E-state index is 14.3. The molecule has 0 bridgehead atoms. The largest absolute Gasteiger partial charge is 0.446 e. The molecule has 5 rings (SSSR count). The molecule has 1 saturated heterocycles. The second-order valence-corrected chi connectivity index (χ2v) is 9.91. The summed E-state index contributed by atoms with van der Waals surface area (Å²) < 4.78 is 5.30. The third-order valence-corrected chi connectivity index (χ3v) is 7.19. The van der Waals surface area contributed by atoms with Crippen LogP contribution >= 0.6 is 0 Å². The number of imide groups is 1. The average Bonchev–Trinajstić information content (AvgIpc) is 3.41. The van der Waals surface area contributed by atoms with Crippen molar-refractivity contribution in [3.63, 3.8) is 0 Å². The van der Waals surface area contributed by atoms with Crippen molar-refractivity contribution in [1.82, 2.24) is 4.90 Å². The highest BCUT2D eigenvalue weighted by molar-refractivity contribution is 6.11. The van der Waals surface area contributed by atoms with Crippen LogP contribution < -0.4 is 4.90 Å². The number of fused-ring (bicyclic) bond motifs is 1. The summed E-state index contributed by atoms with van der Waals surface area (Å²) in [6.07, 6.45) is 1.57. The fourth-order valence-corrected chi connectivity index (χ4v) is 5.30. The maximum Gasteiger partial charge on any atom is 0.417 e. The van der Waals surface area contributed by atoms with Gasteiger partial charge in [0.05, 0.1) is 12.0 Å². The number of amides is 3. The Morgan fingerprint density at radius 1 is 0.946 bits per heavy atom. The highest BCUT2D eigenvalue weighted by Crippen LogP contribution is 2.48. The molecule has 0 aliphatic carbocycles. The molecular formula is C31H30N2O4. The molecule has 3 aromatic carbocycles. The van der Waals surface area contributed by atoms with Crippen LogP contribution in [-0.4, -0.2) is 29.4 Å². The Bertz CT molecular complexity index is 1350. The summed E-state index contributed by atoms with van der Waals surface area (Å²) in [4.78, 5) is 43.9. The quantitative estimate of drug-likeness (QED) is 0.382. The van der Waals surface area contributed by atoms with Crippen LogP contribution in [0.1, 0.15) is 49.4 Å². The summed E-state index contributed by atoms with van der Waals surface area (Å²) in [7, 11) is 0. The Kier molecular flexibility index (Phi) is 6.66. The summed E-state index contributed by atoms with van der Waals surface area (Å²) >= 11 is 0. The van der Waals surface area contributed by atoms with Crippen molar-refractivity contribution in [3.8, 4) is 0 Å². The van der Waals surface area contributed by atoms with E-state index in [-0.39, 0.29) is 18.9 Å². The molecule has 0 unspecified atom stereocenters. The number of nitrogens with zero attached hydrogens (tertiary/aromatic N) is 2. The van der Waals surface area contributed by atoms with Gasteiger partial charge < -0.3 is 9.64 Å². The first kappa shape index (κ1) is 24.5. The lowest BCUT2D eigenvalue weighted by molar-refractivity contribution is -0.135. The molecule has 0 radical (unpaired) electrons. The molecule has 6 nitrogen and oxygen atoms in total. The molecule has 2 heterocycles. The van der Waals surface area contributed by atoms with Gasteiger partial charge in [0.15, 0.2) is 0 Å². The Balaban J connectivity index is 1.54. The number of benzene rings is 3. The van der Waals surface area contributed by atoms with Crippen molar-refractivity contribution >= 4 is 23.6 Å². The van der Waals surface area contributed by atoms with Crippen molar-refractivity contribution < 1.29 is 19.1 Å². The number of allylic oxidation sites excluding steroid dienone is 2. The monoisotopic (exact) mass is 494 g/mol. The number of carbonyl (C=O) groups excluding carboxylic acids is 3. The van der Waals surface area contributed by atoms with Gasteiger partial charge in [-0.05, 0) is 43.0 Å². The minimum Gasteiger partial charge on any atom is -0.446 e. The number of cyclic esters (lactones) is 1. The van der Waals surface area contributed by atoms with E-state index in [4.69, 9.17) is 4.74 Å². The Morgan fingerprint density at radius 2 is 1.59 bits per heavy atom. The van der Waals surface area contributed by atoms with Crippen LogP contribution in [0.15, 0.2) is 96.6 Å². The first-order valence-corrected chi connectivity index (χ1v) is 12.5. The van der Waals surface area contributed by atoms with E-state index in [1.165, 1.54) is 4.90 Å². The maximum absolute atomic E-state index is 14.3. The number of anilines is 1. The van der Waals surface area contributed by atoms with Crippen molar-refractivity contribution in [2.24, 2.45) is 0 Å². The van der Waals surface area contributed by atoms with Gasteiger partial charge in [-0.15, -0.1) is 0 Å². The van der Waals surface area contributed by atoms with Crippen LogP contribution in [0.3, 0.4) is 0 Å². The van der Waals surface area contributed by atoms with Gasteiger partial charge in [-0.1, -0.05) is 90.5 Å². The molecule has 37 heavy (non-hydrogen) atoms. The van der Waals surface area contributed by atoms with Gasteiger partial charge in [0.2, 0.25) is 11.8 Å². The lowest BCUT2D eigenvalue weighted by atomic mass is 9.75. The number of para-hydroxylation sites is 1. The van der Waals surface area contributed by atoms with E-state index < -0.39 is 23.5 Å². The molecule has 0 N–H and O–H groups in total. The van der Waals surface area contributed by atoms with Gasteiger partial charge in [0.1, 0.15) is 12.6 Å². The lowest BCUT2D eigenvalue weighted by Crippen LogP contribution is -2.45. The van der Waals surface area contributed by atoms with Crippen LogP contribution in [0.5, 0.6) is 0 Å². The lowest BCUT2D eigenvalue weighted by Gasteiger charge is -2.30. The van der Waals surface area contributed by atoms with E-state index in [1.807, 2.05) is 105 Å². The van der Waals surface area contributed by atoms with Gasteiger partial charge in [0.25, 0.3) is 0 Å². The van der Waals surface area contributed by atoms with Gasteiger partial charge in [-0.2, -0.15) is 0 Å². The Morgan fingerprint density at radius 3 is 2.30 bits per heavy atom. The smallest absolute Gasteiger partial charge is 0.417 e. The number of hydrogen-bond acceptors (Lipinski definition) is 4. The molecule has 2 aliphatic rings. The number of hydrogen-bond donors (Lipinski definition) is 0. The standard InChI is InChI=1S/C31H30N2O4/c1-22(2)17-18-31(19-28(34)33-27(21-37-30(33)36)24-13-7-4-8-14-24)25-15-9-10-16-26(25)32(29(31)35)20-23-11-5-3-6-12-23/h3-17,27H,18-21H2,1-2H3/t27-,31+/m1/s1. The molecular weight excluding hydrogens is 464 g/mol. The normalized spacial score (nSPS) is 20.5. The summed E-state index contributed by atoms with van der Waals surface area (Å²) in [5.41, 5.74) is 3.37. The van der Waals surface area contributed by atoms with Gasteiger partial charge >= 0.3 is 6.09 Å². The zero-order chi connectivity index (χ0) is 26.0. The molecule has 0 spiro atoms. The molecule has 2 atom stereocenters. The van der Waals surface area contributed by atoms with E-state index in [0.29, 0.717) is 13.0 Å². The first-order valence-electron chi connectivity index (χ1n) is 12.5. The first-order chi connectivity index (χ1) is 17.9.